The molecule has 26 heavy (non-hydrogen) atoms. The van der Waals surface area contributed by atoms with Crippen LogP contribution >= 0.6 is 0 Å². The Bertz CT molecular complexity index is 968. The van der Waals surface area contributed by atoms with Crippen LogP contribution in [0.25, 0.3) is 10.9 Å². The lowest BCUT2D eigenvalue weighted by Gasteiger charge is -2.27. The van der Waals surface area contributed by atoms with Crippen LogP contribution in [0.15, 0.2) is 17.1 Å². The third-order valence-corrected chi connectivity index (χ3v) is 5.23. The van der Waals surface area contributed by atoms with Gasteiger partial charge in [0.25, 0.3) is 0 Å². The first-order valence-corrected chi connectivity index (χ1v) is 8.61. The molecular weight excluding hydrogens is 346 g/mol. The van der Waals surface area contributed by atoms with E-state index in [1.165, 1.54) is 9.47 Å². The molecule has 1 unspecified atom stereocenters. The van der Waals surface area contributed by atoms with Crippen molar-refractivity contribution >= 4 is 22.6 Å². The molecule has 8 heteroatoms. The molecule has 1 aromatic heterocycles. The Morgan fingerprint density at radius 1 is 1.27 bits per heavy atom. The predicted molar refractivity (Wildman–Crippen MR) is 90.8 cm³/mol. The number of aromatic nitrogens is 1. The summed E-state index contributed by atoms with van der Waals surface area (Å²) >= 11 is 0. The number of hydrogen-bond acceptors (Lipinski definition) is 4. The molecule has 6 nitrogen and oxygen atoms in total. The van der Waals surface area contributed by atoms with Gasteiger partial charge in [-0.25, -0.2) is 13.6 Å². The normalized spacial score (nSPS) is 20.1. The topological polar surface area (TPSA) is 82.8 Å². The Morgan fingerprint density at radius 3 is 2.62 bits per heavy atom. The second kappa shape index (κ2) is 6.05. The number of hydrogen-bond donors (Lipinski definition) is 2. The van der Waals surface area contributed by atoms with Gasteiger partial charge in [-0.15, -0.1) is 0 Å². The molecule has 4 rings (SSSR count). The highest BCUT2D eigenvalue weighted by molar-refractivity contribution is 5.94. The lowest BCUT2D eigenvalue weighted by Crippen LogP contribution is -2.34. The van der Waals surface area contributed by atoms with E-state index in [0.717, 1.165) is 25.1 Å². The van der Waals surface area contributed by atoms with E-state index in [2.05, 4.69) is 0 Å². The van der Waals surface area contributed by atoms with E-state index in [0.29, 0.717) is 19.4 Å². The summed E-state index contributed by atoms with van der Waals surface area (Å²) in [6.45, 7) is 0.190. The van der Waals surface area contributed by atoms with Crippen LogP contribution in [-0.4, -0.2) is 39.9 Å². The second-order valence-corrected chi connectivity index (χ2v) is 6.90. The Kier molecular flexibility index (Phi) is 3.95. The number of aliphatic hydroxyl groups is 1. The zero-order chi connectivity index (χ0) is 18.6. The van der Waals surface area contributed by atoms with Gasteiger partial charge in [-0.2, -0.15) is 0 Å². The number of halogens is 2. The van der Waals surface area contributed by atoms with Crippen LogP contribution in [0.3, 0.4) is 0 Å². The monoisotopic (exact) mass is 364 g/mol. The third-order valence-electron chi connectivity index (χ3n) is 5.23. The average molecular weight is 364 g/mol. The van der Waals surface area contributed by atoms with Gasteiger partial charge in [0.2, 0.25) is 5.43 Å². The summed E-state index contributed by atoms with van der Waals surface area (Å²) in [6.07, 6.45) is 3.97. The molecule has 0 radical (unpaired) electrons. The molecular formula is C18H18F2N2O4. The average Bonchev–Trinajstić information content (AvgIpc) is 3.34. The van der Waals surface area contributed by atoms with Crippen LogP contribution in [0.5, 0.6) is 0 Å². The summed E-state index contributed by atoms with van der Waals surface area (Å²) < 4.78 is 31.6. The molecule has 0 spiro atoms. The van der Waals surface area contributed by atoms with Gasteiger partial charge < -0.3 is 19.7 Å². The molecule has 1 atom stereocenters. The summed E-state index contributed by atoms with van der Waals surface area (Å²) in [4.78, 5) is 25.3. The fourth-order valence-electron chi connectivity index (χ4n) is 3.81. The maximum absolute atomic E-state index is 15.4. The van der Waals surface area contributed by atoms with Crippen LogP contribution < -0.4 is 10.3 Å². The molecule has 1 aromatic carbocycles. The van der Waals surface area contributed by atoms with Gasteiger partial charge in [0.05, 0.1) is 23.6 Å². The van der Waals surface area contributed by atoms with E-state index in [9.17, 15) is 24.2 Å². The van der Waals surface area contributed by atoms with Crippen molar-refractivity contribution in [2.45, 2.75) is 37.8 Å². The van der Waals surface area contributed by atoms with Gasteiger partial charge in [0.15, 0.2) is 5.82 Å². The zero-order valence-electron chi connectivity index (χ0n) is 13.9. The first-order valence-electron chi connectivity index (χ1n) is 8.61. The van der Waals surface area contributed by atoms with Gasteiger partial charge in [0.1, 0.15) is 17.1 Å². The number of aromatic carboxylic acids is 1. The molecule has 0 amide bonds. The van der Waals surface area contributed by atoms with Crippen molar-refractivity contribution in [1.82, 2.24) is 4.57 Å². The standard InChI is InChI=1S/C18H18F2N2O4/c19-13-6-11-15(14(20)16(13)21-5-1-2-10(21)8-23)22(9-3-4-9)7-12(17(11)24)18(25)26/h6-7,9-10,23H,1-5,8H2,(H,25,26). The Hall–Kier alpha value is -2.48. The molecule has 2 N–H and O–H groups in total. The summed E-state index contributed by atoms with van der Waals surface area (Å²) in [5.74, 6) is -3.21. The second-order valence-electron chi connectivity index (χ2n) is 6.90. The van der Waals surface area contributed by atoms with E-state index in [-0.39, 0.29) is 35.3 Å². The van der Waals surface area contributed by atoms with Gasteiger partial charge in [-0.05, 0) is 31.7 Å². The van der Waals surface area contributed by atoms with Gasteiger partial charge in [-0.1, -0.05) is 0 Å². The first kappa shape index (κ1) is 17.0. The van der Waals surface area contributed by atoms with Gasteiger partial charge in [-0.3, -0.25) is 4.79 Å². The molecule has 1 aliphatic heterocycles. The Labute approximate surface area is 147 Å². The fourth-order valence-corrected chi connectivity index (χ4v) is 3.81. The molecule has 1 saturated heterocycles. The lowest BCUT2D eigenvalue weighted by molar-refractivity contribution is 0.0694. The molecule has 1 aliphatic carbocycles. The van der Waals surface area contributed by atoms with Crippen LogP contribution in [0.4, 0.5) is 14.5 Å². The number of fused-ring (bicyclic) bond motifs is 1. The van der Waals surface area contributed by atoms with E-state index in [1.54, 1.807) is 0 Å². The summed E-state index contributed by atoms with van der Waals surface area (Å²) in [7, 11) is 0. The molecule has 1 saturated carbocycles. The SMILES string of the molecule is O=C(O)c1cn(C2CC2)c2c(F)c(N3CCCC3CO)c(F)cc2c1=O. The van der Waals surface area contributed by atoms with Crippen molar-refractivity contribution in [3.63, 3.8) is 0 Å². The number of anilines is 1. The minimum absolute atomic E-state index is 0.0671. The molecule has 2 aliphatic rings. The molecule has 0 bridgehead atoms. The zero-order valence-corrected chi connectivity index (χ0v) is 13.9. The highest BCUT2D eigenvalue weighted by atomic mass is 19.1. The lowest BCUT2D eigenvalue weighted by atomic mass is 10.1. The number of nitrogens with zero attached hydrogens (tertiary/aromatic N) is 2. The first-order chi connectivity index (χ1) is 12.4. The number of carboxylic acid groups (broad SMARTS) is 1. The largest absolute Gasteiger partial charge is 0.477 e. The van der Waals surface area contributed by atoms with Crippen molar-refractivity contribution in [3.8, 4) is 0 Å². The van der Waals surface area contributed by atoms with E-state index >= 15 is 4.39 Å². The summed E-state index contributed by atoms with van der Waals surface area (Å²) in [6, 6.07) is 0.445. The van der Waals surface area contributed by atoms with Crippen molar-refractivity contribution < 1.29 is 23.8 Å². The number of carboxylic acids is 1. The molecule has 138 valence electrons. The van der Waals surface area contributed by atoms with Crippen LogP contribution in [0.1, 0.15) is 42.1 Å². The van der Waals surface area contributed by atoms with Crippen molar-refractivity contribution in [1.29, 1.82) is 0 Å². The molecule has 2 heterocycles. The van der Waals surface area contributed by atoms with E-state index < -0.39 is 28.6 Å². The minimum Gasteiger partial charge on any atom is -0.477 e. The van der Waals surface area contributed by atoms with Crippen molar-refractivity contribution in [2.24, 2.45) is 0 Å². The van der Waals surface area contributed by atoms with Gasteiger partial charge >= 0.3 is 5.97 Å². The number of pyridine rings is 1. The van der Waals surface area contributed by atoms with E-state index in [1.807, 2.05) is 0 Å². The van der Waals surface area contributed by atoms with Gasteiger partial charge in [0, 0.05) is 18.8 Å². The number of rotatable bonds is 4. The van der Waals surface area contributed by atoms with Crippen LogP contribution in [-0.2, 0) is 0 Å². The smallest absolute Gasteiger partial charge is 0.341 e. The highest BCUT2D eigenvalue weighted by Gasteiger charge is 2.33. The van der Waals surface area contributed by atoms with Crippen LogP contribution in [0.2, 0.25) is 0 Å². The summed E-state index contributed by atoms with van der Waals surface area (Å²) in [5.41, 5.74) is -1.72. The Balaban J connectivity index is 2.03. The van der Waals surface area contributed by atoms with Crippen LogP contribution in [0, 0.1) is 11.6 Å². The third kappa shape index (κ3) is 2.47. The maximum Gasteiger partial charge on any atom is 0.341 e. The number of benzene rings is 1. The van der Waals surface area contributed by atoms with Crippen molar-refractivity contribution in [3.05, 3.63) is 39.7 Å². The highest BCUT2D eigenvalue weighted by Crippen LogP contribution is 2.40. The predicted octanol–water partition coefficient (Wildman–Crippen LogP) is 2.27. The molecule has 2 aromatic rings. The quantitative estimate of drug-likeness (QED) is 0.870. The van der Waals surface area contributed by atoms with E-state index in [4.69, 9.17) is 0 Å². The summed E-state index contributed by atoms with van der Waals surface area (Å²) in [5, 5.41) is 18.5. The molecule has 2 fully saturated rings. The fraction of sp³-hybridized carbons (Fsp3) is 0.444. The number of carbonyl (C=O) groups is 1. The Morgan fingerprint density at radius 2 is 2.00 bits per heavy atom. The number of aliphatic hydroxyl groups excluding tert-OH is 1. The van der Waals surface area contributed by atoms with Crippen molar-refractivity contribution in [2.75, 3.05) is 18.1 Å². The minimum atomic E-state index is -1.42. The maximum atomic E-state index is 15.4.